The molecule has 0 aliphatic carbocycles. The highest BCUT2D eigenvalue weighted by Crippen LogP contribution is 2.02. The van der Waals surface area contributed by atoms with Crippen molar-refractivity contribution in [2.45, 2.75) is 19.3 Å². The number of nitrogens with one attached hydrogen (secondary N) is 1. The Morgan fingerprint density at radius 2 is 2.11 bits per heavy atom. The molecule has 0 atom stereocenters. The molecule has 0 saturated heterocycles. The van der Waals surface area contributed by atoms with E-state index in [0.717, 1.165) is 29.9 Å². The lowest BCUT2D eigenvalue weighted by Crippen LogP contribution is -2.26. The Kier molecular flexibility index (Phi) is 8.25. The summed E-state index contributed by atoms with van der Waals surface area (Å²) < 4.78 is 0. The molecule has 0 aliphatic heterocycles. The van der Waals surface area contributed by atoms with Gasteiger partial charge in [0.2, 0.25) is 5.91 Å². The maximum Gasteiger partial charge on any atom is 0.220 e. The number of pyridine rings is 1. The third-order valence-electron chi connectivity index (χ3n) is 2.41. The molecule has 0 aliphatic rings. The van der Waals surface area contributed by atoms with Crippen LogP contribution in [-0.4, -0.2) is 40.7 Å². The predicted molar refractivity (Wildman–Crippen MR) is 74.6 cm³/mol. The van der Waals surface area contributed by atoms with Gasteiger partial charge >= 0.3 is 0 Å². The van der Waals surface area contributed by atoms with Crippen molar-refractivity contribution in [3.05, 3.63) is 30.1 Å². The minimum Gasteiger partial charge on any atom is -0.396 e. The first kappa shape index (κ1) is 15.0. The summed E-state index contributed by atoms with van der Waals surface area (Å²) in [5.74, 6) is 1.94. The van der Waals surface area contributed by atoms with Crippen molar-refractivity contribution >= 4 is 17.7 Å². The molecular formula is C13H20N2O2S. The minimum atomic E-state index is 0.0922. The fourth-order valence-electron chi connectivity index (χ4n) is 1.43. The first-order valence-corrected chi connectivity index (χ1v) is 7.32. The Balaban J connectivity index is 2.01. The maximum absolute atomic E-state index is 11.5. The molecule has 4 nitrogen and oxygen atoms in total. The molecule has 1 aromatic rings. The molecule has 1 amide bonds. The predicted octanol–water partition coefficient (Wildman–Crippen LogP) is 1.25. The van der Waals surface area contributed by atoms with Crippen LogP contribution in [0.15, 0.2) is 24.5 Å². The minimum absolute atomic E-state index is 0.0922. The van der Waals surface area contributed by atoms with Crippen LogP contribution in [0.1, 0.15) is 18.4 Å². The molecule has 0 unspecified atom stereocenters. The van der Waals surface area contributed by atoms with Crippen molar-refractivity contribution in [2.24, 2.45) is 0 Å². The Morgan fingerprint density at radius 3 is 2.83 bits per heavy atom. The van der Waals surface area contributed by atoms with Crippen LogP contribution in [0.25, 0.3) is 0 Å². The summed E-state index contributed by atoms with van der Waals surface area (Å²) in [7, 11) is 0. The van der Waals surface area contributed by atoms with Crippen molar-refractivity contribution in [2.75, 3.05) is 24.7 Å². The number of thioether (sulfide) groups is 1. The molecule has 0 fully saturated rings. The zero-order valence-corrected chi connectivity index (χ0v) is 11.3. The molecule has 1 rings (SSSR count). The summed E-state index contributed by atoms with van der Waals surface area (Å²) >= 11 is 1.75. The molecule has 0 spiro atoms. The molecule has 0 aromatic carbocycles. The highest BCUT2D eigenvalue weighted by atomic mass is 32.2. The molecular weight excluding hydrogens is 248 g/mol. The van der Waals surface area contributed by atoms with Crippen LogP contribution < -0.4 is 5.32 Å². The Labute approximate surface area is 112 Å². The number of carbonyl (C=O) groups excluding carboxylic acids is 1. The fraction of sp³-hybridized carbons (Fsp3) is 0.538. The van der Waals surface area contributed by atoms with Gasteiger partial charge in [0.05, 0.1) is 0 Å². The zero-order valence-electron chi connectivity index (χ0n) is 10.5. The van der Waals surface area contributed by atoms with Crippen molar-refractivity contribution in [1.29, 1.82) is 0 Å². The van der Waals surface area contributed by atoms with E-state index in [2.05, 4.69) is 10.3 Å². The lowest BCUT2D eigenvalue weighted by atomic mass is 10.1. The number of amides is 1. The molecule has 0 radical (unpaired) electrons. The van der Waals surface area contributed by atoms with E-state index in [0.29, 0.717) is 13.0 Å². The standard InChI is InChI=1S/C13H20N2O2S/c16-9-1-10-18-11-8-15-13(17)3-2-12-4-6-14-7-5-12/h4-7,16H,1-3,8-11H2,(H,15,17). The Morgan fingerprint density at radius 1 is 1.33 bits per heavy atom. The molecule has 0 saturated carbocycles. The highest BCUT2D eigenvalue weighted by Gasteiger charge is 2.01. The summed E-state index contributed by atoms with van der Waals surface area (Å²) in [5, 5.41) is 11.5. The number of aryl methyl sites for hydroxylation is 1. The quantitative estimate of drug-likeness (QED) is 0.662. The summed E-state index contributed by atoms with van der Waals surface area (Å²) in [5.41, 5.74) is 1.14. The number of aliphatic hydroxyl groups excluding tert-OH is 1. The summed E-state index contributed by atoms with van der Waals surface area (Å²) in [4.78, 5) is 15.5. The fourth-order valence-corrected chi connectivity index (χ4v) is 2.21. The maximum atomic E-state index is 11.5. The van der Waals surface area contributed by atoms with Gasteiger partial charge in [-0.15, -0.1) is 0 Å². The molecule has 18 heavy (non-hydrogen) atoms. The first-order valence-electron chi connectivity index (χ1n) is 6.17. The largest absolute Gasteiger partial charge is 0.396 e. The van der Waals surface area contributed by atoms with Crippen LogP contribution in [0.5, 0.6) is 0 Å². The van der Waals surface area contributed by atoms with Crippen LogP contribution in [-0.2, 0) is 11.2 Å². The van der Waals surface area contributed by atoms with Crippen molar-refractivity contribution in [3.8, 4) is 0 Å². The van der Waals surface area contributed by atoms with Gasteiger partial charge in [-0.2, -0.15) is 11.8 Å². The molecule has 5 heteroatoms. The van der Waals surface area contributed by atoms with Gasteiger partial charge in [-0.3, -0.25) is 9.78 Å². The number of rotatable bonds is 9. The molecule has 100 valence electrons. The van der Waals surface area contributed by atoms with E-state index in [9.17, 15) is 4.79 Å². The van der Waals surface area contributed by atoms with E-state index in [1.54, 1.807) is 24.2 Å². The lowest BCUT2D eigenvalue weighted by molar-refractivity contribution is -0.120. The van der Waals surface area contributed by atoms with Gasteiger partial charge < -0.3 is 10.4 Å². The van der Waals surface area contributed by atoms with Crippen LogP contribution in [0.4, 0.5) is 0 Å². The van der Waals surface area contributed by atoms with Gasteiger partial charge in [0, 0.05) is 37.7 Å². The van der Waals surface area contributed by atoms with E-state index < -0.39 is 0 Å². The number of hydrogen-bond donors (Lipinski definition) is 2. The summed E-state index contributed by atoms with van der Waals surface area (Å²) in [6, 6.07) is 3.86. The van der Waals surface area contributed by atoms with Gasteiger partial charge in [0.25, 0.3) is 0 Å². The average molecular weight is 268 g/mol. The van der Waals surface area contributed by atoms with Crippen LogP contribution in [0, 0.1) is 0 Å². The lowest BCUT2D eigenvalue weighted by Gasteiger charge is -2.05. The van der Waals surface area contributed by atoms with Crippen molar-refractivity contribution in [3.63, 3.8) is 0 Å². The zero-order chi connectivity index (χ0) is 13.1. The van der Waals surface area contributed by atoms with Crippen LogP contribution in [0.3, 0.4) is 0 Å². The SMILES string of the molecule is O=C(CCc1ccncc1)NCCSCCCO. The van der Waals surface area contributed by atoms with E-state index >= 15 is 0 Å². The molecule has 1 heterocycles. The number of aliphatic hydroxyl groups is 1. The van der Waals surface area contributed by atoms with E-state index in [1.807, 2.05) is 12.1 Å². The van der Waals surface area contributed by atoms with Crippen LogP contribution >= 0.6 is 11.8 Å². The van der Waals surface area contributed by atoms with Gasteiger partial charge in [-0.05, 0) is 36.3 Å². The number of aromatic nitrogens is 1. The first-order chi connectivity index (χ1) is 8.83. The van der Waals surface area contributed by atoms with Gasteiger partial charge in [-0.25, -0.2) is 0 Å². The number of nitrogens with zero attached hydrogens (tertiary/aromatic N) is 1. The van der Waals surface area contributed by atoms with Crippen molar-refractivity contribution < 1.29 is 9.90 Å². The smallest absolute Gasteiger partial charge is 0.220 e. The van der Waals surface area contributed by atoms with Crippen LogP contribution in [0.2, 0.25) is 0 Å². The van der Waals surface area contributed by atoms with E-state index in [-0.39, 0.29) is 12.5 Å². The van der Waals surface area contributed by atoms with E-state index in [1.165, 1.54) is 0 Å². The second-order valence-electron chi connectivity index (χ2n) is 3.89. The summed E-state index contributed by atoms with van der Waals surface area (Å²) in [6.07, 6.45) is 5.58. The Bertz CT molecular complexity index is 333. The normalized spacial score (nSPS) is 10.3. The molecule has 0 bridgehead atoms. The van der Waals surface area contributed by atoms with Gasteiger partial charge in [0.1, 0.15) is 0 Å². The third kappa shape index (κ3) is 7.29. The summed E-state index contributed by atoms with van der Waals surface area (Å²) in [6.45, 7) is 0.941. The number of carbonyl (C=O) groups is 1. The second kappa shape index (κ2) is 9.91. The third-order valence-corrected chi connectivity index (χ3v) is 3.48. The number of hydrogen-bond acceptors (Lipinski definition) is 4. The topological polar surface area (TPSA) is 62.2 Å². The van der Waals surface area contributed by atoms with Gasteiger partial charge in [0.15, 0.2) is 0 Å². The van der Waals surface area contributed by atoms with Gasteiger partial charge in [-0.1, -0.05) is 0 Å². The molecule has 2 N–H and O–H groups in total. The monoisotopic (exact) mass is 268 g/mol. The average Bonchev–Trinajstić information content (AvgIpc) is 2.41. The second-order valence-corrected chi connectivity index (χ2v) is 5.12. The Hall–Kier alpha value is -1.07. The van der Waals surface area contributed by atoms with Crippen molar-refractivity contribution in [1.82, 2.24) is 10.3 Å². The molecule has 1 aromatic heterocycles. The van der Waals surface area contributed by atoms with E-state index in [4.69, 9.17) is 5.11 Å². The highest BCUT2D eigenvalue weighted by molar-refractivity contribution is 7.99.